The van der Waals surface area contributed by atoms with E-state index in [2.05, 4.69) is 9.71 Å². The van der Waals surface area contributed by atoms with Crippen LogP contribution in [-0.4, -0.2) is 31.2 Å². The lowest BCUT2D eigenvalue weighted by atomic mass is 10.2. The van der Waals surface area contributed by atoms with Crippen LogP contribution in [0.5, 0.6) is 0 Å². The lowest BCUT2D eigenvalue weighted by Crippen LogP contribution is -2.34. The van der Waals surface area contributed by atoms with E-state index in [0.717, 1.165) is 0 Å². The van der Waals surface area contributed by atoms with E-state index in [4.69, 9.17) is 10.8 Å². The van der Waals surface area contributed by atoms with E-state index in [1.807, 2.05) is 0 Å². The number of hydrogen-bond acceptors (Lipinski definition) is 4. The molecule has 1 aromatic carbocycles. The summed E-state index contributed by atoms with van der Waals surface area (Å²) in [6.45, 7) is 1.33. The van der Waals surface area contributed by atoms with E-state index in [-0.39, 0.29) is 11.5 Å². The number of benzene rings is 1. The molecule has 0 radical (unpaired) electrons. The minimum atomic E-state index is -3.65. The summed E-state index contributed by atoms with van der Waals surface area (Å²) in [4.78, 5) is 3.02. The molecule has 0 amide bonds. The molecule has 98 valence electrons. The van der Waals surface area contributed by atoms with Crippen LogP contribution >= 0.6 is 0 Å². The predicted octanol–water partition coefficient (Wildman–Crippen LogP) is 0.409. The van der Waals surface area contributed by atoms with E-state index in [9.17, 15) is 8.42 Å². The van der Waals surface area contributed by atoms with Gasteiger partial charge in [0.25, 0.3) is 0 Å². The lowest BCUT2D eigenvalue weighted by Gasteiger charge is -2.10. The van der Waals surface area contributed by atoms with Crippen LogP contribution in [0.4, 0.5) is 5.69 Å². The van der Waals surface area contributed by atoms with Crippen molar-refractivity contribution in [2.75, 3.05) is 12.3 Å². The summed E-state index contributed by atoms with van der Waals surface area (Å²) in [5, 5.41) is 9.47. The molecule has 5 N–H and O–H groups in total. The summed E-state index contributed by atoms with van der Waals surface area (Å²) in [5.74, 6) is 0. The van der Waals surface area contributed by atoms with Crippen LogP contribution in [0.1, 0.15) is 6.92 Å². The van der Waals surface area contributed by atoms with Gasteiger partial charge in [0.2, 0.25) is 10.0 Å². The zero-order valence-electron chi connectivity index (χ0n) is 9.84. The number of aromatic amines is 1. The average molecular weight is 269 g/mol. The molecule has 2 rings (SSSR count). The van der Waals surface area contributed by atoms with E-state index in [1.54, 1.807) is 25.1 Å². The molecule has 0 aliphatic heterocycles. The second-order valence-electron chi connectivity index (χ2n) is 4.16. The Balaban J connectivity index is 2.48. The van der Waals surface area contributed by atoms with Crippen LogP contribution in [-0.2, 0) is 10.0 Å². The molecular formula is C11H15N3O3S. The highest BCUT2D eigenvalue weighted by atomic mass is 32.2. The number of fused-ring (bicyclic) bond motifs is 1. The Bertz CT molecular complexity index is 663. The Morgan fingerprint density at radius 1 is 1.50 bits per heavy atom. The summed E-state index contributed by atoms with van der Waals surface area (Å²) in [5.41, 5.74) is 6.85. The van der Waals surface area contributed by atoms with Crippen molar-refractivity contribution in [3.8, 4) is 0 Å². The maximum Gasteiger partial charge on any atom is 0.243 e. The first-order valence-electron chi connectivity index (χ1n) is 5.44. The molecule has 1 aromatic heterocycles. The van der Waals surface area contributed by atoms with Gasteiger partial charge in [-0.15, -0.1) is 0 Å². The van der Waals surface area contributed by atoms with E-state index in [1.165, 1.54) is 6.20 Å². The highest BCUT2D eigenvalue weighted by molar-refractivity contribution is 7.89. The van der Waals surface area contributed by atoms with Crippen LogP contribution in [0.2, 0.25) is 0 Å². The SMILES string of the molecule is C[C@H](CO)NS(=O)(=O)c1c[nH]c2cc(N)ccc12. The quantitative estimate of drug-likeness (QED) is 0.603. The van der Waals surface area contributed by atoms with Crippen LogP contribution in [0.25, 0.3) is 10.9 Å². The summed E-state index contributed by atoms with van der Waals surface area (Å²) >= 11 is 0. The van der Waals surface area contributed by atoms with Gasteiger partial charge in [0.15, 0.2) is 0 Å². The highest BCUT2D eigenvalue weighted by Crippen LogP contribution is 2.24. The molecule has 0 bridgehead atoms. The van der Waals surface area contributed by atoms with Gasteiger partial charge < -0.3 is 15.8 Å². The highest BCUT2D eigenvalue weighted by Gasteiger charge is 2.20. The Labute approximate surface area is 105 Å². The summed E-state index contributed by atoms with van der Waals surface area (Å²) in [7, 11) is -3.65. The number of hydrogen-bond donors (Lipinski definition) is 4. The zero-order valence-corrected chi connectivity index (χ0v) is 10.7. The number of sulfonamides is 1. The van der Waals surface area contributed by atoms with Gasteiger partial charge in [-0.2, -0.15) is 0 Å². The molecule has 1 heterocycles. The number of rotatable bonds is 4. The Hall–Kier alpha value is -1.57. The van der Waals surface area contributed by atoms with Crippen LogP contribution in [0.3, 0.4) is 0 Å². The first kappa shape index (κ1) is 12.9. The molecule has 7 heteroatoms. The van der Waals surface area contributed by atoms with Gasteiger partial charge in [-0.05, 0) is 25.1 Å². The van der Waals surface area contributed by atoms with Gasteiger partial charge in [-0.25, -0.2) is 13.1 Å². The molecular weight excluding hydrogens is 254 g/mol. The third-order valence-corrected chi connectivity index (χ3v) is 4.22. The fraction of sp³-hybridized carbons (Fsp3) is 0.273. The Morgan fingerprint density at radius 2 is 2.22 bits per heavy atom. The normalized spacial score (nSPS) is 13.9. The maximum atomic E-state index is 12.1. The van der Waals surface area contributed by atoms with Crippen molar-refractivity contribution in [2.45, 2.75) is 17.9 Å². The van der Waals surface area contributed by atoms with Crippen molar-refractivity contribution < 1.29 is 13.5 Å². The Kier molecular flexibility index (Phi) is 3.29. The fourth-order valence-electron chi connectivity index (χ4n) is 1.71. The van der Waals surface area contributed by atoms with Crippen molar-refractivity contribution in [2.24, 2.45) is 0 Å². The third kappa shape index (κ3) is 2.33. The van der Waals surface area contributed by atoms with Crippen LogP contribution < -0.4 is 10.5 Å². The molecule has 0 unspecified atom stereocenters. The maximum absolute atomic E-state index is 12.1. The minimum Gasteiger partial charge on any atom is -0.399 e. The number of aliphatic hydroxyl groups excluding tert-OH is 1. The van der Waals surface area contributed by atoms with Gasteiger partial charge in [-0.3, -0.25) is 0 Å². The summed E-state index contributed by atoms with van der Waals surface area (Å²) in [6, 6.07) is 4.43. The molecule has 18 heavy (non-hydrogen) atoms. The molecule has 2 aromatic rings. The van der Waals surface area contributed by atoms with Crippen LogP contribution in [0, 0.1) is 0 Å². The third-order valence-electron chi connectivity index (χ3n) is 2.59. The van der Waals surface area contributed by atoms with E-state index >= 15 is 0 Å². The van der Waals surface area contributed by atoms with Crippen molar-refractivity contribution in [3.05, 3.63) is 24.4 Å². The first-order chi connectivity index (χ1) is 8.44. The van der Waals surface area contributed by atoms with Gasteiger partial charge in [0, 0.05) is 28.8 Å². The second-order valence-corrected chi connectivity index (χ2v) is 5.85. The standard InChI is InChI=1S/C11H15N3O3S/c1-7(6-15)14-18(16,17)11-5-13-10-4-8(12)2-3-9(10)11/h2-5,7,13-15H,6,12H2,1H3/t7-/m1/s1. The van der Waals surface area contributed by atoms with Gasteiger partial charge in [-0.1, -0.05) is 0 Å². The summed E-state index contributed by atoms with van der Waals surface area (Å²) < 4.78 is 26.6. The number of anilines is 1. The molecule has 0 saturated heterocycles. The smallest absolute Gasteiger partial charge is 0.243 e. The average Bonchev–Trinajstić information content (AvgIpc) is 2.71. The molecule has 0 saturated carbocycles. The first-order valence-corrected chi connectivity index (χ1v) is 6.92. The predicted molar refractivity (Wildman–Crippen MR) is 69.6 cm³/mol. The number of nitrogens with one attached hydrogen (secondary N) is 2. The minimum absolute atomic E-state index is 0.151. The van der Waals surface area contributed by atoms with Crippen molar-refractivity contribution in [3.63, 3.8) is 0 Å². The van der Waals surface area contributed by atoms with Gasteiger partial charge >= 0.3 is 0 Å². The topological polar surface area (TPSA) is 108 Å². The molecule has 6 nitrogen and oxygen atoms in total. The van der Waals surface area contributed by atoms with E-state index in [0.29, 0.717) is 16.6 Å². The van der Waals surface area contributed by atoms with Crippen molar-refractivity contribution in [1.82, 2.24) is 9.71 Å². The van der Waals surface area contributed by atoms with Crippen molar-refractivity contribution in [1.29, 1.82) is 0 Å². The van der Waals surface area contributed by atoms with Crippen LogP contribution in [0.15, 0.2) is 29.3 Å². The number of aliphatic hydroxyl groups is 1. The lowest BCUT2D eigenvalue weighted by molar-refractivity contribution is 0.265. The Morgan fingerprint density at radius 3 is 2.89 bits per heavy atom. The molecule has 0 aliphatic rings. The number of nitrogen functional groups attached to an aromatic ring is 1. The molecule has 1 atom stereocenters. The van der Waals surface area contributed by atoms with Crippen molar-refractivity contribution >= 4 is 26.6 Å². The molecule has 0 aliphatic carbocycles. The van der Waals surface area contributed by atoms with Gasteiger partial charge in [0.1, 0.15) is 4.90 Å². The fourth-order valence-corrected chi connectivity index (χ4v) is 3.12. The largest absolute Gasteiger partial charge is 0.399 e. The van der Waals surface area contributed by atoms with Gasteiger partial charge in [0.05, 0.1) is 6.61 Å². The monoisotopic (exact) mass is 269 g/mol. The van der Waals surface area contributed by atoms with E-state index < -0.39 is 16.1 Å². The second kappa shape index (κ2) is 4.60. The number of nitrogens with two attached hydrogens (primary N) is 1. The number of aromatic nitrogens is 1. The molecule has 0 fully saturated rings. The zero-order chi connectivity index (χ0) is 13.3. The summed E-state index contributed by atoms with van der Waals surface area (Å²) in [6.07, 6.45) is 1.41. The molecule has 0 spiro atoms. The number of H-pyrrole nitrogens is 1.